The smallest absolute Gasteiger partial charge is 0.251 e. The molecule has 0 aliphatic carbocycles. The number of hydrogen-bond donors (Lipinski definition) is 1. The predicted octanol–water partition coefficient (Wildman–Crippen LogP) is 2.35. The Morgan fingerprint density at radius 1 is 1.56 bits per heavy atom. The minimum absolute atomic E-state index is 0.0770. The Kier molecular flexibility index (Phi) is 5.25. The molecule has 1 aromatic rings. The molecule has 3 nitrogen and oxygen atoms in total. The number of rotatable bonds is 5. The molecule has 1 amide bonds. The summed E-state index contributed by atoms with van der Waals surface area (Å²) >= 11 is 3.27. The zero-order valence-corrected chi connectivity index (χ0v) is 10.5. The molecule has 0 heterocycles. The lowest BCUT2D eigenvalue weighted by atomic mass is 10.2. The topological polar surface area (TPSA) is 38.3 Å². The summed E-state index contributed by atoms with van der Waals surface area (Å²) in [5.41, 5.74) is 0.396. The second-order valence-corrected chi connectivity index (χ2v) is 3.94. The molecule has 1 aromatic carbocycles. The number of ether oxygens (including phenoxy) is 1. The van der Waals surface area contributed by atoms with Gasteiger partial charge in [-0.25, -0.2) is 4.39 Å². The highest BCUT2D eigenvalue weighted by Gasteiger charge is 2.09. The first-order chi connectivity index (χ1) is 7.69. The van der Waals surface area contributed by atoms with E-state index in [9.17, 15) is 9.18 Å². The Hall–Kier alpha value is -1.10. The predicted molar refractivity (Wildman–Crippen MR) is 63.7 cm³/mol. The number of carbonyl (C=O) groups excluding carboxylic acids is 1. The second-order valence-electron chi connectivity index (χ2n) is 3.15. The minimum atomic E-state index is -0.473. The molecule has 0 aliphatic heterocycles. The van der Waals surface area contributed by atoms with Gasteiger partial charge in [-0.2, -0.15) is 0 Å². The fourth-order valence-electron chi connectivity index (χ4n) is 1.17. The van der Waals surface area contributed by atoms with Crippen LogP contribution < -0.4 is 10.1 Å². The molecule has 0 spiro atoms. The first kappa shape index (κ1) is 13.0. The quantitative estimate of drug-likeness (QED) is 0.668. The van der Waals surface area contributed by atoms with Crippen molar-refractivity contribution in [2.75, 3.05) is 19.0 Å². The van der Waals surface area contributed by atoms with Gasteiger partial charge < -0.3 is 10.1 Å². The van der Waals surface area contributed by atoms with Crippen LogP contribution in [0.3, 0.4) is 0 Å². The van der Waals surface area contributed by atoms with Crippen LogP contribution in [-0.2, 0) is 0 Å². The number of benzene rings is 1. The summed E-state index contributed by atoms with van der Waals surface area (Å²) in [7, 11) is 1.37. The summed E-state index contributed by atoms with van der Waals surface area (Å²) in [5, 5.41) is 3.56. The maximum absolute atomic E-state index is 13.1. The molecule has 0 fully saturated rings. The molecule has 16 heavy (non-hydrogen) atoms. The number of methoxy groups -OCH3 is 1. The largest absolute Gasteiger partial charge is 0.494 e. The number of amides is 1. The van der Waals surface area contributed by atoms with Crippen molar-refractivity contribution in [1.29, 1.82) is 0 Å². The van der Waals surface area contributed by atoms with Gasteiger partial charge in [-0.3, -0.25) is 4.79 Å². The Balaban J connectivity index is 2.68. The molecule has 5 heteroatoms. The lowest BCUT2D eigenvalue weighted by Gasteiger charge is -2.06. The summed E-state index contributed by atoms with van der Waals surface area (Å²) < 4.78 is 17.9. The third-order valence-electron chi connectivity index (χ3n) is 2.01. The van der Waals surface area contributed by atoms with Crippen LogP contribution in [0.1, 0.15) is 16.8 Å². The molecule has 88 valence electrons. The first-order valence-corrected chi connectivity index (χ1v) is 5.99. The van der Waals surface area contributed by atoms with Crippen LogP contribution in [0.2, 0.25) is 0 Å². The van der Waals surface area contributed by atoms with Crippen molar-refractivity contribution in [2.45, 2.75) is 6.42 Å². The fraction of sp³-hybridized carbons (Fsp3) is 0.364. The van der Waals surface area contributed by atoms with Crippen molar-refractivity contribution < 1.29 is 13.9 Å². The van der Waals surface area contributed by atoms with Gasteiger partial charge in [0, 0.05) is 17.4 Å². The maximum Gasteiger partial charge on any atom is 0.251 e. The molecule has 0 bridgehead atoms. The van der Waals surface area contributed by atoms with Gasteiger partial charge in [0.1, 0.15) is 0 Å². The average molecular weight is 290 g/mol. The Morgan fingerprint density at radius 2 is 2.31 bits per heavy atom. The second kappa shape index (κ2) is 6.48. The molecule has 1 N–H and O–H groups in total. The van der Waals surface area contributed by atoms with Gasteiger partial charge in [0.2, 0.25) is 0 Å². The van der Waals surface area contributed by atoms with Crippen LogP contribution in [0, 0.1) is 5.82 Å². The van der Waals surface area contributed by atoms with E-state index in [2.05, 4.69) is 21.2 Å². The van der Waals surface area contributed by atoms with Gasteiger partial charge in [0.05, 0.1) is 7.11 Å². The third-order valence-corrected chi connectivity index (χ3v) is 2.57. The highest BCUT2D eigenvalue weighted by molar-refractivity contribution is 9.09. The monoisotopic (exact) mass is 289 g/mol. The van der Waals surface area contributed by atoms with Crippen LogP contribution >= 0.6 is 15.9 Å². The van der Waals surface area contributed by atoms with E-state index < -0.39 is 5.82 Å². The van der Waals surface area contributed by atoms with E-state index in [-0.39, 0.29) is 11.7 Å². The van der Waals surface area contributed by atoms with E-state index in [0.717, 1.165) is 11.8 Å². The number of carbonyl (C=O) groups is 1. The standard InChI is InChI=1S/C11H13BrFNO2/c1-16-10-7-8(3-4-9(10)13)11(15)14-6-2-5-12/h3-4,7H,2,5-6H2,1H3,(H,14,15). The third kappa shape index (κ3) is 3.48. The van der Waals surface area contributed by atoms with Gasteiger partial charge in [0.25, 0.3) is 5.91 Å². The molecular formula is C11H13BrFNO2. The summed E-state index contributed by atoms with van der Waals surface area (Å²) in [6, 6.07) is 4.04. The van der Waals surface area contributed by atoms with Gasteiger partial charge >= 0.3 is 0 Å². The summed E-state index contributed by atoms with van der Waals surface area (Å²) in [6.07, 6.45) is 0.851. The van der Waals surface area contributed by atoms with E-state index in [0.29, 0.717) is 12.1 Å². The van der Waals surface area contributed by atoms with Crippen LogP contribution in [0.5, 0.6) is 5.75 Å². The number of nitrogens with one attached hydrogen (secondary N) is 1. The van der Waals surface area contributed by atoms with Crippen molar-refractivity contribution in [3.63, 3.8) is 0 Å². The molecule has 0 saturated carbocycles. The van der Waals surface area contributed by atoms with E-state index in [1.165, 1.54) is 25.3 Å². The van der Waals surface area contributed by atoms with Crippen LogP contribution in [-0.4, -0.2) is 24.9 Å². The Bertz CT molecular complexity index is 371. The lowest BCUT2D eigenvalue weighted by Crippen LogP contribution is -2.24. The molecular weight excluding hydrogens is 277 g/mol. The van der Waals surface area contributed by atoms with Gasteiger partial charge in [0.15, 0.2) is 11.6 Å². The maximum atomic E-state index is 13.1. The van der Waals surface area contributed by atoms with E-state index >= 15 is 0 Å². The molecule has 0 aliphatic rings. The fourth-order valence-corrected chi connectivity index (χ4v) is 1.45. The molecule has 0 aromatic heterocycles. The molecule has 0 unspecified atom stereocenters. The SMILES string of the molecule is COc1cc(C(=O)NCCCBr)ccc1F. The van der Waals surface area contributed by atoms with Crippen LogP contribution in [0.15, 0.2) is 18.2 Å². The summed E-state index contributed by atoms with van der Waals surface area (Å²) in [4.78, 5) is 11.6. The summed E-state index contributed by atoms with van der Waals surface area (Å²) in [5.74, 6) is -0.619. The number of halogens is 2. The Labute approximate surface area is 102 Å². The van der Waals surface area contributed by atoms with Gasteiger partial charge in [-0.05, 0) is 24.6 Å². The van der Waals surface area contributed by atoms with Gasteiger partial charge in [-0.15, -0.1) is 0 Å². The normalized spacial score (nSPS) is 9.94. The zero-order valence-electron chi connectivity index (χ0n) is 8.93. The molecule has 0 radical (unpaired) electrons. The highest BCUT2D eigenvalue weighted by atomic mass is 79.9. The van der Waals surface area contributed by atoms with Crippen molar-refractivity contribution >= 4 is 21.8 Å². The van der Waals surface area contributed by atoms with E-state index in [4.69, 9.17) is 4.74 Å². The number of hydrogen-bond acceptors (Lipinski definition) is 2. The van der Waals surface area contributed by atoms with Crippen LogP contribution in [0.4, 0.5) is 4.39 Å². The van der Waals surface area contributed by atoms with E-state index in [1.807, 2.05) is 0 Å². The highest BCUT2D eigenvalue weighted by Crippen LogP contribution is 2.17. The molecule has 0 atom stereocenters. The lowest BCUT2D eigenvalue weighted by molar-refractivity contribution is 0.0953. The minimum Gasteiger partial charge on any atom is -0.494 e. The van der Waals surface area contributed by atoms with Crippen molar-refractivity contribution in [2.24, 2.45) is 0 Å². The van der Waals surface area contributed by atoms with Crippen LogP contribution in [0.25, 0.3) is 0 Å². The van der Waals surface area contributed by atoms with Crippen molar-refractivity contribution in [3.05, 3.63) is 29.6 Å². The van der Waals surface area contributed by atoms with Gasteiger partial charge in [-0.1, -0.05) is 15.9 Å². The zero-order chi connectivity index (χ0) is 12.0. The Morgan fingerprint density at radius 3 is 2.94 bits per heavy atom. The number of alkyl halides is 1. The molecule has 1 rings (SSSR count). The average Bonchev–Trinajstić information content (AvgIpc) is 2.30. The summed E-state index contributed by atoms with van der Waals surface area (Å²) in [6.45, 7) is 0.587. The first-order valence-electron chi connectivity index (χ1n) is 4.86. The van der Waals surface area contributed by atoms with Crippen molar-refractivity contribution in [1.82, 2.24) is 5.32 Å². The molecule has 0 saturated heterocycles. The van der Waals surface area contributed by atoms with E-state index in [1.54, 1.807) is 0 Å². The van der Waals surface area contributed by atoms with Crippen molar-refractivity contribution in [3.8, 4) is 5.75 Å².